The number of hydrogen-bond donors (Lipinski definition) is 0. The van der Waals surface area contributed by atoms with Crippen LogP contribution in [0, 0.1) is 0 Å². The molecule has 0 amide bonds. The monoisotopic (exact) mass is 598 g/mol. The molecule has 0 aliphatic carbocycles. The Kier molecular flexibility index (Phi) is 81.5. The molecule has 0 rings (SSSR count). The van der Waals surface area contributed by atoms with Gasteiger partial charge in [0.05, 0.1) is 0 Å². The Labute approximate surface area is 102 Å². The van der Waals surface area contributed by atoms with Gasteiger partial charge in [-0.15, -0.1) is 0 Å². The fourth-order valence-corrected chi connectivity index (χ4v) is 0. The second-order valence-electron chi connectivity index (χ2n) is 0. The van der Waals surface area contributed by atoms with Crippen molar-refractivity contribution in [3.8, 4) is 0 Å². The van der Waals surface area contributed by atoms with Gasteiger partial charge in [-0.25, -0.2) is 0 Å². The third kappa shape index (κ3) is 18.5. The van der Waals surface area contributed by atoms with E-state index in [2.05, 4.69) is 18.8 Å². The molecule has 0 nitrogen and oxygen atoms in total. The van der Waals surface area contributed by atoms with E-state index in [1.54, 1.807) is 37.5 Å². The van der Waals surface area contributed by atoms with E-state index in [0.29, 0.717) is 0 Å². The van der Waals surface area contributed by atoms with Crippen molar-refractivity contribution in [3.63, 3.8) is 0 Å². The van der Waals surface area contributed by atoms with Crippen molar-refractivity contribution < 1.29 is 37.5 Å². The molecular weight excluding hydrogens is 598 g/mol. The number of hydrogen-bond acceptors (Lipinski definition) is 0. The zero-order valence-corrected chi connectivity index (χ0v) is 12.6. The number of halogens is 2. The van der Waals surface area contributed by atoms with Gasteiger partial charge in [-0.1, -0.05) is 0 Å². The van der Waals surface area contributed by atoms with Crippen LogP contribution in [0.15, 0.2) is 0 Å². The summed E-state index contributed by atoms with van der Waals surface area (Å²) in [7, 11) is 9.22. The van der Waals surface area contributed by atoms with Crippen molar-refractivity contribution >= 4 is 67.7 Å². The van der Waals surface area contributed by atoms with E-state index < -0.39 is 0 Å². The molecule has 36 valence electrons. The molecule has 5 heteroatoms. The fraction of sp³-hybridized carbons (Fsp3) is 0. The molecule has 5 heavy (non-hydrogen) atoms. The van der Waals surface area contributed by atoms with Gasteiger partial charge in [-0.3, -0.25) is 0 Å². The molecule has 0 aromatic heterocycles. The minimum atomic E-state index is 0. The van der Waals surface area contributed by atoms with Gasteiger partial charge < -0.3 is 0 Å². The van der Waals surface area contributed by atoms with Crippen LogP contribution in [-0.4, -0.2) is 48.9 Å². The van der Waals surface area contributed by atoms with Gasteiger partial charge in [0, 0.05) is 0 Å². The van der Waals surface area contributed by atoms with E-state index in [0.717, 1.165) is 0 Å². The predicted octanol–water partition coefficient (Wildman–Crippen LogP) is 0.993. The van der Waals surface area contributed by atoms with Crippen LogP contribution in [0.3, 0.4) is 0 Å². The summed E-state index contributed by atoms with van der Waals surface area (Å²) in [5.74, 6) is 0. The van der Waals surface area contributed by atoms with Crippen molar-refractivity contribution in [2.75, 3.05) is 0 Å². The Bertz CT molecular complexity index is 7.61. The summed E-state index contributed by atoms with van der Waals surface area (Å²) in [6.07, 6.45) is 0. The molecule has 0 aliphatic heterocycles. The van der Waals surface area contributed by atoms with Crippen LogP contribution < -0.4 is 0 Å². The second kappa shape index (κ2) is 25.8. The third-order valence-corrected chi connectivity index (χ3v) is 0. The Morgan fingerprint density at radius 3 is 0.800 bits per heavy atom. The first-order chi connectivity index (χ1) is 2.00. The summed E-state index contributed by atoms with van der Waals surface area (Å²) >= 11 is 3.22. The van der Waals surface area contributed by atoms with E-state index >= 15 is 0 Å². The summed E-state index contributed by atoms with van der Waals surface area (Å²) < 4.78 is 0. The van der Waals surface area contributed by atoms with Crippen LogP contribution in [0.5, 0.6) is 0 Å². The van der Waals surface area contributed by atoms with Gasteiger partial charge in [0.25, 0.3) is 0 Å². The molecule has 0 saturated heterocycles. The van der Waals surface area contributed by atoms with Gasteiger partial charge in [0.15, 0.2) is 0 Å². The van der Waals surface area contributed by atoms with Gasteiger partial charge in [0.1, 0.15) is 0 Å². The first kappa shape index (κ1) is 15.8. The van der Waals surface area contributed by atoms with Crippen molar-refractivity contribution in [1.29, 1.82) is 0 Å². The summed E-state index contributed by atoms with van der Waals surface area (Å²) in [4.78, 5) is 0. The summed E-state index contributed by atoms with van der Waals surface area (Å²) in [6.45, 7) is 0. The molecule has 0 aromatic carbocycles. The average molecular weight is 598 g/mol. The zero-order valence-electron chi connectivity index (χ0n) is 2.10. The molecule has 0 bridgehead atoms. The fourth-order valence-electron chi connectivity index (χ4n) is 0. The van der Waals surface area contributed by atoms with Crippen molar-refractivity contribution in [2.45, 2.75) is 0 Å². The van der Waals surface area contributed by atoms with E-state index in [1.165, 1.54) is 0 Å². The van der Waals surface area contributed by atoms with Crippen LogP contribution in [0.1, 0.15) is 0 Å². The molecular formula is BaCl2Pt2. The van der Waals surface area contributed by atoms with Crippen LogP contribution >= 0.6 is 18.8 Å². The van der Waals surface area contributed by atoms with Gasteiger partial charge in [0.2, 0.25) is 0 Å². The molecule has 0 N–H and O–H groups in total. The number of rotatable bonds is 0. The average Bonchev–Trinajstić information content (AvgIpc) is 1.50. The van der Waals surface area contributed by atoms with Crippen molar-refractivity contribution in [1.82, 2.24) is 0 Å². The van der Waals surface area contributed by atoms with Crippen molar-refractivity contribution in [2.24, 2.45) is 0 Å². The Balaban J connectivity index is -0.0000000133. The molecule has 0 saturated carbocycles. The quantitative estimate of drug-likeness (QED) is 0.366. The topological polar surface area (TPSA) is 0 Å². The van der Waals surface area contributed by atoms with E-state index in [-0.39, 0.29) is 48.9 Å². The first-order valence-corrected chi connectivity index (χ1v) is 5.87. The van der Waals surface area contributed by atoms with Gasteiger partial charge in [-0.05, 0) is 0 Å². The minimum absolute atomic E-state index is 0. The van der Waals surface area contributed by atoms with Crippen LogP contribution in [0.2, 0.25) is 0 Å². The molecule has 0 aromatic rings. The molecule has 0 atom stereocenters. The zero-order chi connectivity index (χ0) is 4.00. The van der Waals surface area contributed by atoms with Crippen molar-refractivity contribution in [3.05, 3.63) is 0 Å². The summed E-state index contributed by atoms with van der Waals surface area (Å²) in [5.41, 5.74) is 0. The third-order valence-electron chi connectivity index (χ3n) is 0. The van der Waals surface area contributed by atoms with Gasteiger partial charge >= 0.3 is 105 Å². The van der Waals surface area contributed by atoms with E-state index in [9.17, 15) is 0 Å². The Hall–Kier alpha value is 3.53. The van der Waals surface area contributed by atoms with Crippen LogP contribution in [0.4, 0.5) is 0 Å². The molecule has 0 unspecified atom stereocenters. The van der Waals surface area contributed by atoms with Gasteiger partial charge in [-0.2, -0.15) is 0 Å². The maximum absolute atomic E-state index is 4.61. The Morgan fingerprint density at radius 1 is 0.800 bits per heavy atom. The Morgan fingerprint density at radius 2 is 0.800 bits per heavy atom. The molecule has 0 heterocycles. The molecule has 0 spiro atoms. The summed E-state index contributed by atoms with van der Waals surface area (Å²) in [6, 6.07) is 0. The van der Waals surface area contributed by atoms with Crippen LogP contribution in [-0.2, 0) is 37.5 Å². The molecule has 0 radical (unpaired) electrons. The van der Waals surface area contributed by atoms with E-state index in [1.807, 2.05) is 0 Å². The standard InChI is InChI=1S/Ba.2ClH.2Pt/h;2*1H;;/q+2;;;;/p-2. The first-order valence-electron chi connectivity index (χ1n) is 0.239. The van der Waals surface area contributed by atoms with E-state index in [4.69, 9.17) is 0 Å². The molecule has 0 aliphatic rings. The molecule has 0 fully saturated rings. The predicted molar refractivity (Wildman–Crippen MR) is 17.5 cm³/mol. The summed E-state index contributed by atoms with van der Waals surface area (Å²) in [5, 5.41) is 0. The van der Waals surface area contributed by atoms with Crippen LogP contribution in [0.25, 0.3) is 0 Å². The normalized spacial score (nSPS) is 2.80. The maximum atomic E-state index is 4.61. The second-order valence-corrected chi connectivity index (χ2v) is 0. The SMILES string of the molecule is [Ba+2].[Cl][Pt-].[Cl][Pt-].